The fourth-order valence-electron chi connectivity index (χ4n) is 4.14. The number of carbonyl (C=O) groups excluding carboxylic acids is 1. The first-order valence-electron chi connectivity index (χ1n) is 8.65. The standard InChI is InChI=1S/C18H23F3N2O/c19-18(20,21)14-8-2-3-9-15(14)22-17(24)12-23-11-5-7-13-6-1-4-10-16(13)23/h2-3,8-9,13,16H,1,4-7,10-12H2,(H,22,24)/t13-,16+/m1/s1. The van der Waals surface area contributed by atoms with Gasteiger partial charge in [-0.2, -0.15) is 13.2 Å². The molecule has 1 aromatic rings. The van der Waals surface area contributed by atoms with Crippen LogP contribution in [0.5, 0.6) is 0 Å². The predicted molar refractivity (Wildman–Crippen MR) is 86.6 cm³/mol. The van der Waals surface area contributed by atoms with E-state index in [4.69, 9.17) is 0 Å². The van der Waals surface area contributed by atoms with Gasteiger partial charge in [-0.05, 0) is 50.3 Å². The molecule has 0 radical (unpaired) electrons. The molecule has 0 aromatic heterocycles. The number of nitrogens with zero attached hydrogens (tertiary/aromatic N) is 1. The van der Waals surface area contributed by atoms with Gasteiger partial charge in [0.05, 0.1) is 17.8 Å². The number of piperidine rings is 1. The Hall–Kier alpha value is -1.56. The highest BCUT2D eigenvalue weighted by Crippen LogP contribution is 2.36. The maximum Gasteiger partial charge on any atom is 0.418 e. The number of rotatable bonds is 3. The van der Waals surface area contributed by atoms with Crippen LogP contribution in [0.4, 0.5) is 18.9 Å². The molecule has 2 aliphatic rings. The number of hydrogen-bond acceptors (Lipinski definition) is 2. The molecule has 6 heteroatoms. The molecule has 1 saturated carbocycles. The first kappa shape index (κ1) is 17.3. The summed E-state index contributed by atoms with van der Waals surface area (Å²) >= 11 is 0. The lowest BCUT2D eigenvalue weighted by Crippen LogP contribution is -2.49. The molecule has 0 bridgehead atoms. The van der Waals surface area contributed by atoms with Crippen LogP contribution >= 0.6 is 0 Å². The number of halogens is 3. The normalized spacial score (nSPS) is 25.1. The summed E-state index contributed by atoms with van der Waals surface area (Å²) in [6, 6.07) is 5.54. The SMILES string of the molecule is O=C(CN1CCC[C@H]2CCCC[C@@H]21)Nc1ccccc1C(F)(F)F. The van der Waals surface area contributed by atoms with E-state index < -0.39 is 11.7 Å². The van der Waals surface area contributed by atoms with Crippen molar-refractivity contribution >= 4 is 11.6 Å². The summed E-state index contributed by atoms with van der Waals surface area (Å²) in [4.78, 5) is 14.5. The van der Waals surface area contributed by atoms with E-state index in [1.54, 1.807) is 0 Å². The number of likely N-dealkylation sites (tertiary alicyclic amines) is 1. The van der Waals surface area contributed by atoms with Gasteiger partial charge in [-0.25, -0.2) is 0 Å². The Bertz CT molecular complexity index is 586. The molecule has 1 N–H and O–H groups in total. The number of carbonyl (C=O) groups is 1. The van der Waals surface area contributed by atoms with Crippen molar-refractivity contribution in [3.8, 4) is 0 Å². The minimum Gasteiger partial charge on any atom is -0.324 e. The third-order valence-electron chi connectivity index (χ3n) is 5.21. The summed E-state index contributed by atoms with van der Waals surface area (Å²) in [7, 11) is 0. The van der Waals surface area contributed by atoms with Crippen molar-refractivity contribution in [1.29, 1.82) is 0 Å². The molecule has 1 aromatic carbocycles. The topological polar surface area (TPSA) is 32.3 Å². The summed E-state index contributed by atoms with van der Waals surface area (Å²) in [6.45, 7) is 1.03. The fraction of sp³-hybridized carbons (Fsp3) is 0.611. The Balaban J connectivity index is 1.66. The Morgan fingerprint density at radius 1 is 1.12 bits per heavy atom. The van der Waals surface area contributed by atoms with Crippen LogP contribution in [0.1, 0.15) is 44.1 Å². The molecule has 1 saturated heterocycles. The fourth-order valence-corrected chi connectivity index (χ4v) is 4.14. The van der Waals surface area contributed by atoms with Crippen molar-refractivity contribution in [1.82, 2.24) is 4.90 Å². The van der Waals surface area contributed by atoms with Gasteiger partial charge >= 0.3 is 6.18 Å². The summed E-state index contributed by atoms with van der Waals surface area (Å²) < 4.78 is 39.1. The number of para-hydroxylation sites is 1. The Kier molecular flexibility index (Phi) is 5.13. The highest BCUT2D eigenvalue weighted by molar-refractivity contribution is 5.93. The number of amides is 1. The van der Waals surface area contributed by atoms with Crippen LogP contribution in [0.15, 0.2) is 24.3 Å². The van der Waals surface area contributed by atoms with Gasteiger partial charge in [-0.3, -0.25) is 9.69 Å². The smallest absolute Gasteiger partial charge is 0.324 e. The zero-order valence-corrected chi connectivity index (χ0v) is 13.6. The molecular weight excluding hydrogens is 317 g/mol. The monoisotopic (exact) mass is 340 g/mol. The first-order valence-corrected chi connectivity index (χ1v) is 8.65. The van der Waals surface area contributed by atoms with Crippen molar-refractivity contribution in [2.24, 2.45) is 5.92 Å². The van der Waals surface area contributed by atoms with Gasteiger partial charge < -0.3 is 5.32 Å². The van der Waals surface area contributed by atoms with E-state index in [9.17, 15) is 18.0 Å². The van der Waals surface area contributed by atoms with Gasteiger partial charge in [0, 0.05) is 6.04 Å². The molecule has 1 amide bonds. The lowest BCUT2D eigenvalue weighted by atomic mass is 9.78. The molecule has 1 aliphatic heterocycles. The molecule has 2 fully saturated rings. The summed E-state index contributed by atoms with van der Waals surface area (Å²) in [5.41, 5.74) is -0.959. The van der Waals surface area contributed by atoms with Gasteiger partial charge in [0.2, 0.25) is 5.91 Å². The van der Waals surface area contributed by atoms with Crippen LogP contribution in [-0.4, -0.2) is 29.9 Å². The highest BCUT2D eigenvalue weighted by atomic mass is 19.4. The lowest BCUT2D eigenvalue weighted by molar-refractivity contribution is -0.137. The van der Waals surface area contributed by atoms with Crippen molar-refractivity contribution in [3.05, 3.63) is 29.8 Å². The summed E-state index contributed by atoms with van der Waals surface area (Å²) in [5, 5.41) is 2.46. The van der Waals surface area contributed by atoms with E-state index in [-0.39, 0.29) is 18.1 Å². The molecule has 3 rings (SSSR count). The quantitative estimate of drug-likeness (QED) is 0.890. The van der Waals surface area contributed by atoms with E-state index in [0.717, 1.165) is 25.5 Å². The third-order valence-corrected chi connectivity index (χ3v) is 5.21. The number of benzene rings is 1. The average Bonchev–Trinajstić information content (AvgIpc) is 2.54. The van der Waals surface area contributed by atoms with Crippen molar-refractivity contribution in [2.75, 3.05) is 18.4 Å². The summed E-state index contributed by atoms with van der Waals surface area (Å²) in [6.07, 6.45) is 2.53. The predicted octanol–water partition coefficient (Wildman–Crippen LogP) is 4.30. The van der Waals surface area contributed by atoms with E-state index in [1.807, 2.05) is 0 Å². The maximum atomic E-state index is 13.0. The number of hydrogen-bond donors (Lipinski definition) is 1. The Morgan fingerprint density at radius 2 is 1.83 bits per heavy atom. The second-order valence-electron chi connectivity index (χ2n) is 6.82. The van der Waals surface area contributed by atoms with E-state index in [2.05, 4.69) is 10.2 Å². The molecule has 2 atom stereocenters. The minimum atomic E-state index is -4.47. The van der Waals surface area contributed by atoms with Crippen molar-refractivity contribution in [2.45, 2.75) is 50.7 Å². The van der Waals surface area contributed by atoms with E-state index in [1.165, 1.54) is 43.9 Å². The van der Waals surface area contributed by atoms with Gasteiger partial charge in [-0.1, -0.05) is 25.0 Å². The van der Waals surface area contributed by atoms with Crippen LogP contribution in [0.2, 0.25) is 0 Å². The third kappa shape index (κ3) is 3.91. The molecule has 132 valence electrons. The Morgan fingerprint density at radius 3 is 2.62 bits per heavy atom. The molecule has 0 unspecified atom stereocenters. The van der Waals surface area contributed by atoms with Gasteiger partial charge in [0.1, 0.15) is 0 Å². The number of anilines is 1. The van der Waals surface area contributed by atoms with Crippen molar-refractivity contribution in [3.63, 3.8) is 0 Å². The zero-order chi connectivity index (χ0) is 17.2. The zero-order valence-electron chi connectivity index (χ0n) is 13.6. The number of alkyl halides is 3. The average molecular weight is 340 g/mol. The summed E-state index contributed by atoms with van der Waals surface area (Å²) in [5.74, 6) is 0.278. The highest BCUT2D eigenvalue weighted by Gasteiger charge is 2.35. The van der Waals surface area contributed by atoms with Gasteiger partial charge in [-0.15, -0.1) is 0 Å². The first-order chi connectivity index (χ1) is 11.4. The second-order valence-corrected chi connectivity index (χ2v) is 6.82. The van der Waals surface area contributed by atoms with Gasteiger partial charge in [0.15, 0.2) is 0 Å². The number of fused-ring (bicyclic) bond motifs is 1. The largest absolute Gasteiger partial charge is 0.418 e. The van der Waals surface area contributed by atoms with Crippen LogP contribution in [0.3, 0.4) is 0 Å². The molecule has 3 nitrogen and oxygen atoms in total. The maximum absolute atomic E-state index is 13.0. The molecule has 24 heavy (non-hydrogen) atoms. The van der Waals surface area contributed by atoms with Crippen LogP contribution in [-0.2, 0) is 11.0 Å². The van der Waals surface area contributed by atoms with E-state index in [0.29, 0.717) is 12.0 Å². The Labute approximate surface area is 140 Å². The van der Waals surface area contributed by atoms with Crippen LogP contribution in [0, 0.1) is 5.92 Å². The molecule has 1 heterocycles. The lowest BCUT2D eigenvalue weighted by Gasteiger charge is -2.43. The number of nitrogens with one attached hydrogen (secondary N) is 1. The second kappa shape index (κ2) is 7.13. The van der Waals surface area contributed by atoms with E-state index >= 15 is 0 Å². The van der Waals surface area contributed by atoms with Crippen LogP contribution in [0.25, 0.3) is 0 Å². The molecular formula is C18H23F3N2O. The van der Waals surface area contributed by atoms with Crippen molar-refractivity contribution < 1.29 is 18.0 Å². The van der Waals surface area contributed by atoms with Crippen LogP contribution < -0.4 is 5.32 Å². The molecule has 1 aliphatic carbocycles. The minimum absolute atomic E-state index is 0.160. The van der Waals surface area contributed by atoms with Gasteiger partial charge in [0.25, 0.3) is 0 Å². The molecule has 0 spiro atoms.